The second-order valence-electron chi connectivity index (χ2n) is 5.75. The molecule has 0 aliphatic carbocycles. The zero-order chi connectivity index (χ0) is 16.2. The van der Waals surface area contributed by atoms with Crippen molar-refractivity contribution < 1.29 is 4.79 Å². The number of hydrogen-bond donors (Lipinski definition) is 1. The Bertz CT molecular complexity index is 679. The number of nitrogens with zero attached hydrogens (tertiary/aromatic N) is 2. The molecule has 0 unspecified atom stereocenters. The van der Waals surface area contributed by atoms with Gasteiger partial charge >= 0.3 is 6.03 Å². The number of anilines is 2. The van der Waals surface area contributed by atoms with E-state index in [-0.39, 0.29) is 6.03 Å². The van der Waals surface area contributed by atoms with Gasteiger partial charge in [0, 0.05) is 42.0 Å². The molecular formula is C18H20BrN3O. The Labute approximate surface area is 145 Å². The normalized spacial score (nSPS) is 14.7. The SMILES string of the molecule is Cc1cccc(N2CCN(C(=O)Nc3ccc(Br)cc3)CC2)c1. The molecule has 5 heteroatoms. The highest BCUT2D eigenvalue weighted by Crippen LogP contribution is 2.19. The summed E-state index contributed by atoms with van der Waals surface area (Å²) < 4.78 is 1.00. The quantitative estimate of drug-likeness (QED) is 0.859. The first-order valence-corrected chi connectivity index (χ1v) is 8.54. The Kier molecular flexibility index (Phi) is 4.86. The predicted octanol–water partition coefficient (Wildman–Crippen LogP) is 4.11. The molecule has 1 N–H and O–H groups in total. The summed E-state index contributed by atoms with van der Waals surface area (Å²) in [6, 6.07) is 16.1. The monoisotopic (exact) mass is 373 g/mol. The summed E-state index contributed by atoms with van der Waals surface area (Å²) in [5, 5.41) is 2.95. The fourth-order valence-corrected chi connectivity index (χ4v) is 2.99. The van der Waals surface area contributed by atoms with Gasteiger partial charge in [-0.25, -0.2) is 4.79 Å². The van der Waals surface area contributed by atoms with Crippen molar-refractivity contribution in [2.24, 2.45) is 0 Å². The van der Waals surface area contributed by atoms with Crippen LogP contribution in [0.3, 0.4) is 0 Å². The topological polar surface area (TPSA) is 35.6 Å². The highest BCUT2D eigenvalue weighted by Gasteiger charge is 2.21. The number of urea groups is 1. The standard InChI is InChI=1S/C18H20BrN3O/c1-14-3-2-4-17(13-14)21-9-11-22(12-10-21)18(23)20-16-7-5-15(19)6-8-16/h2-8,13H,9-12H2,1H3,(H,20,23). The van der Waals surface area contributed by atoms with Crippen LogP contribution in [0, 0.1) is 6.92 Å². The third-order valence-electron chi connectivity index (χ3n) is 4.03. The molecular weight excluding hydrogens is 354 g/mol. The highest BCUT2D eigenvalue weighted by atomic mass is 79.9. The van der Waals surface area contributed by atoms with Gasteiger partial charge in [-0.05, 0) is 48.9 Å². The van der Waals surface area contributed by atoms with Crippen molar-refractivity contribution in [1.82, 2.24) is 4.90 Å². The van der Waals surface area contributed by atoms with Crippen LogP contribution in [-0.4, -0.2) is 37.1 Å². The van der Waals surface area contributed by atoms with Crippen LogP contribution in [0.25, 0.3) is 0 Å². The van der Waals surface area contributed by atoms with Gasteiger partial charge < -0.3 is 15.1 Å². The molecule has 1 aliphatic heterocycles. The largest absolute Gasteiger partial charge is 0.368 e. The number of halogens is 1. The molecule has 0 bridgehead atoms. The van der Waals surface area contributed by atoms with Crippen molar-refractivity contribution in [2.45, 2.75) is 6.92 Å². The average molecular weight is 374 g/mol. The zero-order valence-electron chi connectivity index (χ0n) is 13.1. The minimum absolute atomic E-state index is 0.0313. The summed E-state index contributed by atoms with van der Waals surface area (Å²) in [5.74, 6) is 0. The van der Waals surface area contributed by atoms with E-state index >= 15 is 0 Å². The first-order valence-electron chi connectivity index (χ1n) is 7.75. The maximum absolute atomic E-state index is 12.3. The molecule has 23 heavy (non-hydrogen) atoms. The summed E-state index contributed by atoms with van der Waals surface area (Å²) in [5.41, 5.74) is 3.31. The molecule has 2 aromatic rings. The molecule has 2 aromatic carbocycles. The van der Waals surface area contributed by atoms with Crippen molar-refractivity contribution in [3.05, 3.63) is 58.6 Å². The second kappa shape index (κ2) is 7.04. The Morgan fingerprint density at radius 1 is 1.04 bits per heavy atom. The molecule has 0 atom stereocenters. The Morgan fingerprint density at radius 2 is 1.74 bits per heavy atom. The fraction of sp³-hybridized carbons (Fsp3) is 0.278. The van der Waals surface area contributed by atoms with Gasteiger partial charge in [0.05, 0.1) is 0 Å². The minimum Gasteiger partial charge on any atom is -0.368 e. The molecule has 4 nitrogen and oxygen atoms in total. The molecule has 120 valence electrons. The summed E-state index contributed by atoms with van der Waals surface area (Å²) in [7, 11) is 0. The number of carbonyl (C=O) groups excluding carboxylic acids is 1. The third-order valence-corrected chi connectivity index (χ3v) is 4.56. The zero-order valence-corrected chi connectivity index (χ0v) is 14.7. The molecule has 0 radical (unpaired) electrons. The summed E-state index contributed by atoms with van der Waals surface area (Å²) >= 11 is 3.39. The van der Waals surface area contributed by atoms with Gasteiger partial charge in [-0.15, -0.1) is 0 Å². The second-order valence-corrected chi connectivity index (χ2v) is 6.67. The summed E-state index contributed by atoms with van der Waals surface area (Å²) in [4.78, 5) is 16.5. The van der Waals surface area contributed by atoms with Crippen LogP contribution in [0.2, 0.25) is 0 Å². The highest BCUT2D eigenvalue weighted by molar-refractivity contribution is 9.10. The van der Waals surface area contributed by atoms with Gasteiger partial charge in [-0.1, -0.05) is 28.1 Å². The van der Waals surface area contributed by atoms with Gasteiger partial charge in [0.25, 0.3) is 0 Å². The van der Waals surface area contributed by atoms with E-state index in [1.54, 1.807) is 0 Å². The van der Waals surface area contributed by atoms with Crippen molar-refractivity contribution >= 4 is 33.3 Å². The van der Waals surface area contributed by atoms with Gasteiger partial charge in [-0.3, -0.25) is 0 Å². The van der Waals surface area contributed by atoms with E-state index in [1.807, 2.05) is 29.2 Å². The lowest BCUT2D eigenvalue weighted by atomic mass is 10.2. The molecule has 3 rings (SSSR count). The van der Waals surface area contributed by atoms with Gasteiger partial charge in [0.2, 0.25) is 0 Å². The molecule has 0 aromatic heterocycles. The Morgan fingerprint density at radius 3 is 2.39 bits per heavy atom. The van der Waals surface area contributed by atoms with Crippen LogP contribution < -0.4 is 10.2 Å². The molecule has 0 saturated carbocycles. The lowest BCUT2D eigenvalue weighted by Crippen LogP contribution is -2.50. The number of piperazine rings is 1. The number of hydrogen-bond acceptors (Lipinski definition) is 2. The fourth-order valence-electron chi connectivity index (χ4n) is 2.73. The third kappa shape index (κ3) is 4.05. The van der Waals surface area contributed by atoms with Crippen LogP contribution in [0.5, 0.6) is 0 Å². The lowest BCUT2D eigenvalue weighted by Gasteiger charge is -2.36. The minimum atomic E-state index is -0.0313. The Balaban J connectivity index is 1.56. The molecule has 1 aliphatic rings. The van der Waals surface area contributed by atoms with Crippen molar-refractivity contribution in [2.75, 3.05) is 36.4 Å². The number of amides is 2. The Hall–Kier alpha value is -2.01. The molecule has 1 saturated heterocycles. The van der Waals surface area contributed by atoms with E-state index < -0.39 is 0 Å². The first-order chi connectivity index (χ1) is 11.1. The van der Waals surface area contributed by atoms with E-state index in [0.717, 1.165) is 36.3 Å². The summed E-state index contributed by atoms with van der Waals surface area (Å²) in [6.45, 7) is 5.28. The smallest absolute Gasteiger partial charge is 0.321 e. The van der Waals surface area contributed by atoms with E-state index in [9.17, 15) is 4.79 Å². The predicted molar refractivity (Wildman–Crippen MR) is 98.1 cm³/mol. The first kappa shape index (κ1) is 15.9. The van der Waals surface area contributed by atoms with E-state index in [4.69, 9.17) is 0 Å². The van der Waals surface area contributed by atoms with Gasteiger partial charge in [0.15, 0.2) is 0 Å². The number of nitrogens with one attached hydrogen (secondary N) is 1. The lowest BCUT2D eigenvalue weighted by molar-refractivity contribution is 0.208. The molecule has 0 spiro atoms. The number of aryl methyl sites for hydroxylation is 1. The molecule has 2 amide bonds. The molecule has 1 fully saturated rings. The van der Waals surface area contributed by atoms with E-state index in [1.165, 1.54) is 11.3 Å². The number of rotatable bonds is 2. The maximum atomic E-state index is 12.3. The number of carbonyl (C=O) groups is 1. The average Bonchev–Trinajstić information content (AvgIpc) is 2.57. The van der Waals surface area contributed by atoms with Crippen molar-refractivity contribution in [3.63, 3.8) is 0 Å². The van der Waals surface area contributed by atoms with Gasteiger partial charge in [-0.2, -0.15) is 0 Å². The van der Waals surface area contributed by atoms with Gasteiger partial charge in [0.1, 0.15) is 0 Å². The van der Waals surface area contributed by atoms with Crippen LogP contribution in [-0.2, 0) is 0 Å². The van der Waals surface area contributed by atoms with Crippen LogP contribution in [0.4, 0.5) is 16.2 Å². The van der Waals surface area contributed by atoms with Crippen molar-refractivity contribution in [1.29, 1.82) is 0 Å². The summed E-state index contributed by atoms with van der Waals surface area (Å²) in [6.07, 6.45) is 0. The van der Waals surface area contributed by atoms with Crippen LogP contribution >= 0.6 is 15.9 Å². The molecule has 1 heterocycles. The van der Waals surface area contributed by atoms with Crippen LogP contribution in [0.1, 0.15) is 5.56 Å². The van der Waals surface area contributed by atoms with E-state index in [0.29, 0.717) is 0 Å². The van der Waals surface area contributed by atoms with Crippen LogP contribution in [0.15, 0.2) is 53.0 Å². The van der Waals surface area contributed by atoms with E-state index in [2.05, 4.69) is 57.3 Å². The van der Waals surface area contributed by atoms with Crippen molar-refractivity contribution in [3.8, 4) is 0 Å². The number of benzene rings is 2. The maximum Gasteiger partial charge on any atom is 0.321 e.